The van der Waals surface area contributed by atoms with E-state index in [2.05, 4.69) is 10.6 Å². The van der Waals surface area contributed by atoms with Gasteiger partial charge in [0.15, 0.2) is 0 Å². The summed E-state index contributed by atoms with van der Waals surface area (Å²) in [5, 5.41) is 5.67. The van der Waals surface area contributed by atoms with Gasteiger partial charge in [-0.15, -0.1) is 0 Å². The Morgan fingerprint density at radius 2 is 1.64 bits per heavy atom. The molecular formula is C28H29N3O5. The molecule has 0 bridgehead atoms. The summed E-state index contributed by atoms with van der Waals surface area (Å²) in [5.41, 5.74) is 1.92. The molecule has 36 heavy (non-hydrogen) atoms. The zero-order valence-electron chi connectivity index (χ0n) is 20.3. The summed E-state index contributed by atoms with van der Waals surface area (Å²) in [6.07, 6.45) is 1.00. The van der Waals surface area contributed by atoms with Gasteiger partial charge in [-0.05, 0) is 55.0 Å². The second kappa shape index (κ2) is 11.4. The molecule has 186 valence electrons. The third kappa shape index (κ3) is 5.66. The van der Waals surface area contributed by atoms with E-state index in [4.69, 9.17) is 9.47 Å². The minimum absolute atomic E-state index is 0.0928. The monoisotopic (exact) mass is 487 g/mol. The van der Waals surface area contributed by atoms with Gasteiger partial charge in [0.2, 0.25) is 11.8 Å². The first kappa shape index (κ1) is 24.8. The van der Waals surface area contributed by atoms with Gasteiger partial charge >= 0.3 is 0 Å². The lowest BCUT2D eigenvalue weighted by Gasteiger charge is -2.18. The van der Waals surface area contributed by atoms with Gasteiger partial charge in [0.1, 0.15) is 11.5 Å². The first-order valence-corrected chi connectivity index (χ1v) is 11.9. The Kier molecular flexibility index (Phi) is 7.85. The third-order valence-electron chi connectivity index (χ3n) is 5.90. The number of amides is 3. The van der Waals surface area contributed by atoms with E-state index >= 15 is 0 Å². The van der Waals surface area contributed by atoms with Crippen LogP contribution in [-0.2, 0) is 9.59 Å². The lowest BCUT2D eigenvalue weighted by Crippen LogP contribution is -2.28. The molecule has 1 fully saturated rings. The molecule has 1 atom stereocenters. The van der Waals surface area contributed by atoms with Gasteiger partial charge in [0, 0.05) is 18.7 Å². The SMILES string of the molecule is CCCOc1ccc(N2CC(C(=O)Nc3ccccc3C(=O)Nc3ccccc3OC)CC2=O)cc1. The predicted molar refractivity (Wildman–Crippen MR) is 139 cm³/mol. The fourth-order valence-electron chi connectivity index (χ4n) is 4.04. The molecule has 0 spiro atoms. The first-order valence-electron chi connectivity index (χ1n) is 11.9. The average molecular weight is 488 g/mol. The Morgan fingerprint density at radius 1 is 0.944 bits per heavy atom. The smallest absolute Gasteiger partial charge is 0.257 e. The van der Waals surface area contributed by atoms with Gasteiger partial charge in [0.25, 0.3) is 5.91 Å². The van der Waals surface area contributed by atoms with Crippen molar-refractivity contribution in [2.75, 3.05) is 35.8 Å². The maximum absolute atomic E-state index is 13.1. The van der Waals surface area contributed by atoms with Crippen molar-refractivity contribution in [3.63, 3.8) is 0 Å². The van der Waals surface area contributed by atoms with Gasteiger partial charge in [0.05, 0.1) is 36.6 Å². The van der Waals surface area contributed by atoms with Crippen LogP contribution in [0.1, 0.15) is 30.1 Å². The summed E-state index contributed by atoms with van der Waals surface area (Å²) in [7, 11) is 1.53. The molecule has 0 aromatic heterocycles. The van der Waals surface area contributed by atoms with E-state index in [9.17, 15) is 14.4 Å². The molecule has 0 aliphatic carbocycles. The highest BCUT2D eigenvalue weighted by atomic mass is 16.5. The van der Waals surface area contributed by atoms with E-state index in [0.29, 0.717) is 29.3 Å². The summed E-state index contributed by atoms with van der Waals surface area (Å²) < 4.78 is 10.9. The fraction of sp³-hybridized carbons (Fsp3) is 0.250. The number of anilines is 3. The number of nitrogens with one attached hydrogen (secondary N) is 2. The Labute approximate surface area is 210 Å². The molecule has 3 aromatic carbocycles. The van der Waals surface area contributed by atoms with Crippen LogP contribution in [0.15, 0.2) is 72.8 Å². The van der Waals surface area contributed by atoms with Crippen LogP contribution in [0.4, 0.5) is 17.1 Å². The van der Waals surface area contributed by atoms with E-state index in [-0.39, 0.29) is 30.7 Å². The maximum Gasteiger partial charge on any atom is 0.257 e. The highest BCUT2D eigenvalue weighted by molar-refractivity contribution is 6.11. The van der Waals surface area contributed by atoms with Crippen molar-refractivity contribution in [1.29, 1.82) is 0 Å². The van der Waals surface area contributed by atoms with Crippen LogP contribution in [0.5, 0.6) is 11.5 Å². The van der Waals surface area contributed by atoms with Crippen LogP contribution >= 0.6 is 0 Å². The molecule has 0 radical (unpaired) electrons. The van der Waals surface area contributed by atoms with E-state index < -0.39 is 5.92 Å². The minimum atomic E-state index is -0.543. The van der Waals surface area contributed by atoms with Gasteiger partial charge in [-0.3, -0.25) is 14.4 Å². The Hall–Kier alpha value is -4.33. The Bertz CT molecular complexity index is 1240. The van der Waals surface area contributed by atoms with Gasteiger partial charge in [-0.2, -0.15) is 0 Å². The summed E-state index contributed by atoms with van der Waals surface area (Å²) in [5.74, 6) is -0.0962. The van der Waals surface area contributed by atoms with Gasteiger partial charge < -0.3 is 25.0 Å². The van der Waals surface area contributed by atoms with Crippen molar-refractivity contribution in [3.05, 3.63) is 78.4 Å². The number of hydrogen-bond acceptors (Lipinski definition) is 5. The van der Waals surface area contributed by atoms with Crippen molar-refractivity contribution in [2.45, 2.75) is 19.8 Å². The van der Waals surface area contributed by atoms with Crippen molar-refractivity contribution >= 4 is 34.8 Å². The molecule has 1 heterocycles. The standard InChI is InChI=1S/C28H29N3O5/c1-3-16-36-21-14-12-20(13-15-21)31-18-19(17-26(31)32)27(33)29-23-9-5-4-8-22(23)28(34)30-24-10-6-7-11-25(24)35-2/h4-15,19H,3,16-18H2,1-2H3,(H,29,33)(H,30,34). The second-order valence-corrected chi connectivity index (χ2v) is 8.44. The van der Waals surface area contributed by atoms with Crippen LogP contribution in [0, 0.1) is 5.92 Å². The highest BCUT2D eigenvalue weighted by Crippen LogP contribution is 2.29. The fourth-order valence-corrected chi connectivity index (χ4v) is 4.04. The number of carbonyl (C=O) groups is 3. The highest BCUT2D eigenvalue weighted by Gasteiger charge is 2.35. The van der Waals surface area contributed by atoms with E-state index in [0.717, 1.165) is 17.9 Å². The number of ether oxygens (including phenoxy) is 2. The van der Waals surface area contributed by atoms with Crippen molar-refractivity contribution in [3.8, 4) is 11.5 Å². The average Bonchev–Trinajstić information content (AvgIpc) is 3.30. The first-order chi connectivity index (χ1) is 17.5. The van der Waals surface area contributed by atoms with E-state index in [1.54, 1.807) is 47.4 Å². The Morgan fingerprint density at radius 3 is 2.36 bits per heavy atom. The number of para-hydroxylation sites is 3. The van der Waals surface area contributed by atoms with Crippen molar-refractivity contribution < 1.29 is 23.9 Å². The largest absolute Gasteiger partial charge is 0.495 e. The molecule has 8 heteroatoms. The summed E-state index contributed by atoms with van der Waals surface area (Å²) in [6, 6.07) is 21.1. The molecule has 1 aliphatic rings. The van der Waals surface area contributed by atoms with Gasteiger partial charge in [-0.1, -0.05) is 31.2 Å². The lowest BCUT2D eigenvalue weighted by molar-refractivity contribution is -0.122. The van der Waals surface area contributed by atoms with Gasteiger partial charge in [-0.25, -0.2) is 0 Å². The van der Waals surface area contributed by atoms with Crippen LogP contribution in [-0.4, -0.2) is 38.0 Å². The molecule has 2 N–H and O–H groups in total. The van der Waals surface area contributed by atoms with E-state index in [1.807, 2.05) is 37.3 Å². The van der Waals surface area contributed by atoms with Crippen LogP contribution in [0.3, 0.4) is 0 Å². The van der Waals surface area contributed by atoms with Crippen molar-refractivity contribution in [1.82, 2.24) is 0 Å². The number of nitrogens with zero attached hydrogens (tertiary/aromatic N) is 1. The molecule has 3 aromatic rings. The summed E-state index contributed by atoms with van der Waals surface area (Å²) >= 11 is 0. The van der Waals surface area contributed by atoms with Crippen LogP contribution in [0.2, 0.25) is 0 Å². The maximum atomic E-state index is 13.1. The summed E-state index contributed by atoms with van der Waals surface area (Å²) in [4.78, 5) is 40.4. The molecule has 0 saturated carbocycles. The zero-order chi connectivity index (χ0) is 25.5. The minimum Gasteiger partial charge on any atom is -0.495 e. The topological polar surface area (TPSA) is 97.0 Å². The zero-order valence-corrected chi connectivity index (χ0v) is 20.3. The number of hydrogen-bond donors (Lipinski definition) is 2. The lowest BCUT2D eigenvalue weighted by atomic mass is 10.1. The molecule has 3 amide bonds. The molecule has 1 aliphatic heterocycles. The number of benzene rings is 3. The third-order valence-corrected chi connectivity index (χ3v) is 5.90. The molecule has 4 rings (SSSR count). The van der Waals surface area contributed by atoms with Crippen LogP contribution in [0.25, 0.3) is 0 Å². The summed E-state index contributed by atoms with van der Waals surface area (Å²) in [6.45, 7) is 2.92. The molecule has 1 saturated heterocycles. The van der Waals surface area contributed by atoms with E-state index in [1.165, 1.54) is 7.11 Å². The number of carbonyl (C=O) groups excluding carboxylic acids is 3. The predicted octanol–water partition coefficient (Wildman–Crippen LogP) is 4.73. The number of rotatable bonds is 9. The quantitative estimate of drug-likeness (QED) is 0.455. The number of methoxy groups -OCH3 is 1. The molecular weight excluding hydrogens is 458 g/mol. The van der Waals surface area contributed by atoms with Crippen LogP contribution < -0.4 is 25.0 Å². The van der Waals surface area contributed by atoms with Crippen molar-refractivity contribution in [2.24, 2.45) is 5.92 Å². The molecule has 1 unspecified atom stereocenters. The Balaban J connectivity index is 1.43. The second-order valence-electron chi connectivity index (χ2n) is 8.44. The normalized spacial score (nSPS) is 14.9. The molecule has 8 nitrogen and oxygen atoms in total.